The van der Waals surface area contributed by atoms with E-state index in [0.29, 0.717) is 47.2 Å². The molecule has 5 rings (SSSR count). The first-order chi connectivity index (χ1) is 15.6. The van der Waals surface area contributed by atoms with Crippen LogP contribution in [0.5, 0.6) is 11.5 Å². The molecule has 3 aromatic rings. The van der Waals surface area contributed by atoms with Gasteiger partial charge in [0.05, 0.1) is 20.3 Å². The Morgan fingerprint density at radius 3 is 2.56 bits per heavy atom. The molecule has 0 saturated heterocycles. The average Bonchev–Trinajstić information content (AvgIpc) is 3.17. The zero-order valence-electron chi connectivity index (χ0n) is 17.5. The van der Waals surface area contributed by atoms with E-state index in [1.807, 2.05) is 12.1 Å². The quantitative estimate of drug-likeness (QED) is 0.628. The van der Waals surface area contributed by atoms with E-state index in [4.69, 9.17) is 14.1 Å². The smallest absolute Gasteiger partial charge is 0.219 e. The van der Waals surface area contributed by atoms with Gasteiger partial charge >= 0.3 is 0 Å². The van der Waals surface area contributed by atoms with Gasteiger partial charge in [-0.15, -0.1) is 0 Å². The molecular weight excluding hydrogens is 415 g/mol. The molecule has 0 radical (unpaired) electrons. The number of para-hydroxylation sites is 1. The zero-order valence-corrected chi connectivity index (χ0v) is 17.5. The second kappa shape index (κ2) is 7.99. The fourth-order valence-corrected chi connectivity index (χ4v) is 4.44. The number of aromatic nitrogens is 2. The minimum absolute atomic E-state index is 0.0301. The number of fused-ring (bicyclic) bond motifs is 1. The summed E-state index contributed by atoms with van der Waals surface area (Å²) in [6.07, 6.45) is 0.843. The summed E-state index contributed by atoms with van der Waals surface area (Å²) in [7, 11) is 3.12. The number of carbonyl (C=O) groups is 1. The summed E-state index contributed by atoms with van der Waals surface area (Å²) in [6.45, 7) is 0. The van der Waals surface area contributed by atoms with E-state index in [9.17, 15) is 9.18 Å². The molecule has 2 aliphatic rings. The number of anilines is 2. The van der Waals surface area contributed by atoms with Gasteiger partial charge in [0.15, 0.2) is 17.3 Å². The van der Waals surface area contributed by atoms with Crippen LogP contribution in [0.4, 0.5) is 16.0 Å². The molecule has 8 nitrogen and oxygen atoms in total. The molecule has 1 aliphatic carbocycles. The molecule has 2 atom stereocenters. The van der Waals surface area contributed by atoms with Crippen LogP contribution in [0.1, 0.15) is 35.9 Å². The van der Waals surface area contributed by atoms with Crippen molar-refractivity contribution in [2.75, 3.05) is 24.9 Å². The third-order valence-electron chi connectivity index (χ3n) is 5.92. The number of carbonyl (C=O) groups excluding carboxylic acids is 1. The summed E-state index contributed by atoms with van der Waals surface area (Å²) in [5.74, 6) is 1.43. The number of nitrogens with one attached hydrogen (secondary N) is 2. The van der Waals surface area contributed by atoms with Crippen molar-refractivity contribution in [3.63, 3.8) is 0 Å². The van der Waals surface area contributed by atoms with E-state index < -0.39 is 6.04 Å². The largest absolute Gasteiger partial charge is 0.493 e. The van der Waals surface area contributed by atoms with E-state index in [2.05, 4.69) is 20.9 Å². The van der Waals surface area contributed by atoms with Crippen LogP contribution >= 0.6 is 0 Å². The molecule has 0 spiro atoms. The van der Waals surface area contributed by atoms with Crippen LogP contribution < -0.4 is 20.1 Å². The number of allylic oxidation sites excluding steroid dienone is 1. The molecule has 0 fully saturated rings. The van der Waals surface area contributed by atoms with Crippen molar-refractivity contribution in [2.45, 2.75) is 24.8 Å². The fraction of sp³-hybridized carbons (Fsp3) is 0.261. The van der Waals surface area contributed by atoms with Crippen molar-refractivity contribution >= 4 is 17.4 Å². The van der Waals surface area contributed by atoms with Gasteiger partial charge in [0.2, 0.25) is 11.6 Å². The summed E-state index contributed by atoms with van der Waals surface area (Å²) in [5.41, 5.74) is 2.92. The predicted molar refractivity (Wildman–Crippen MR) is 114 cm³/mol. The Morgan fingerprint density at radius 1 is 1.03 bits per heavy atom. The highest BCUT2D eigenvalue weighted by Gasteiger charge is 2.38. The van der Waals surface area contributed by atoms with Gasteiger partial charge in [-0.25, -0.2) is 9.02 Å². The summed E-state index contributed by atoms with van der Waals surface area (Å²) in [6, 6.07) is 11.2. The van der Waals surface area contributed by atoms with E-state index in [0.717, 1.165) is 11.1 Å². The molecule has 0 bridgehead atoms. The highest BCUT2D eigenvalue weighted by atomic mass is 19.1. The van der Waals surface area contributed by atoms with Crippen LogP contribution in [0, 0.1) is 5.82 Å². The number of ether oxygens (including phenoxy) is 2. The number of benzene rings is 2. The molecule has 9 heteroatoms. The van der Waals surface area contributed by atoms with Crippen molar-refractivity contribution in [2.24, 2.45) is 0 Å². The molecule has 2 aromatic carbocycles. The van der Waals surface area contributed by atoms with Gasteiger partial charge in [0, 0.05) is 23.3 Å². The Morgan fingerprint density at radius 2 is 1.81 bits per heavy atom. The van der Waals surface area contributed by atoms with Crippen LogP contribution in [0.25, 0.3) is 0 Å². The molecule has 0 unspecified atom stereocenters. The third kappa shape index (κ3) is 3.35. The van der Waals surface area contributed by atoms with Gasteiger partial charge < -0.3 is 20.1 Å². The lowest BCUT2D eigenvalue weighted by Crippen LogP contribution is -2.27. The van der Waals surface area contributed by atoms with E-state index in [1.54, 1.807) is 32.4 Å². The maximum absolute atomic E-state index is 13.5. The Hall–Kier alpha value is -3.88. The Bertz CT molecular complexity index is 1200. The van der Waals surface area contributed by atoms with Crippen molar-refractivity contribution in [3.05, 3.63) is 70.7 Å². The van der Waals surface area contributed by atoms with Gasteiger partial charge in [0.25, 0.3) is 0 Å². The number of ketones is 1. The number of Topliss-reactive ketones (excluding diaryl/α,β-unsaturated/α-hetero) is 1. The molecule has 32 heavy (non-hydrogen) atoms. The first kappa shape index (κ1) is 20.0. The monoisotopic (exact) mass is 436 g/mol. The average molecular weight is 436 g/mol. The fourth-order valence-electron chi connectivity index (χ4n) is 4.44. The van der Waals surface area contributed by atoms with Gasteiger partial charge in [-0.3, -0.25) is 4.79 Å². The van der Waals surface area contributed by atoms with Crippen molar-refractivity contribution in [3.8, 4) is 11.5 Å². The molecular formula is C23H21FN4O4. The van der Waals surface area contributed by atoms with Gasteiger partial charge in [-0.05, 0) is 46.4 Å². The SMILES string of the molecule is COc1cccc([C@@H]2Nc3nonc3NC3=C2C(=O)C[C@@H](c2ccc(F)cc2)C3)c1OC. The number of hydrogen-bond acceptors (Lipinski definition) is 8. The Kier molecular flexibility index (Phi) is 5.01. The molecule has 0 amide bonds. The van der Waals surface area contributed by atoms with Crippen LogP contribution in [0.2, 0.25) is 0 Å². The van der Waals surface area contributed by atoms with Gasteiger partial charge in [0.1, 0.15) is 5.82 Å². The molecule has 1 aromatic heterocycles. The standard InChI is InChI=1S/C23H21FN4O4/c1-30-18-5-3-4-15(21(18)31-2)20-19-16(25-22-23(26-20)28-32-27-22)10-13(11-17(19)29)12-6-8-14(24)9-7-12/h3-9,13,20H,10-11H2,1-2H3,(H,25,27)(H,26,28)/t13-,20-/m0/s1. The number of hydrogen-bond donors (Lipinski definition) is 2. The highest BCUT2D eigenvalue weighted by molar-refractivity contribution is 6.01. The topological polar surface area (TPSA) is 98.5 Å². The summed E-state index contributed by atoms with van der Waals surface area (Å²) < 4.78 is 29.4. The van der Waals surface area contributed by atoms with Crippen LogP contribution in [0.15, 0.2) is 58.4 Å². The summed E-state index contributed by atoms with van der Waals surface area (Å²) >= 11 is 0. The maximum Gasteiger partial charge on any atom is 0.219 e. The third-order valence-corrected chi connectivity index (χ3v) is 5.92. The number of nitrogens with zero attached hydrogens (tertiary/aromatic N) is 2. The van der Waals surface area contributed by atoms with Crippen LogP contribution in [-0.2, 0) is 4.79 Å². The zero-order chi connectivity index (χ0) is 22.2. The lowest BCUT2D eigenvalue weighted by Gasteiger charge is -2.30. The molecule has 1 aliphatic heterocycles. The minimum atomic E-state index is -0.558. The Balaban J connectivity index is 1.63. The van der Waals surface area contributed by atoms with E-state index >= 15 is 0 Å². The van der Waals surface area contributed by atoms with Gasteiger partial charge in [-0.1, -0.05) is 24.3 Å². The number of methoxy groups -OCH3 is 2. The highest BCUT2D eigenvalue weighted by Crippen LogP contribution is 2.46. The van der Waals surface area contributed by atoms with Crippen LogP contribution in [-0.4, -0.2) is 30.3 Å². The lowest BCUT2D eigenvalue weighted by atomic mass is 9.78. The number of halogens is 1. The maximum atomic E-state index is 13.5. The molecule has 2 N–H and O–H groups in total. The molecule has 0 saturated carbocycles. The first-order valence-electron chi connectivity index (χ1n) is 10.2. The molecule has 164 valence electrons. The van der Waals surface area contributed by atoms with Gasteiger partial charge in [-0.2, -0.15) is 0 Å². The minimum Gasteiger partial charge on any atom is -0.493 e. The summed E-state index contributed by atoms with van der Waals surface area (Å²) in [4.78, 5) is 13.5. The normalized spacial score (nSPS) is 19.9. The predicted octanol–water partition coefficient (Wildman–Crippen LogP) is 4.21. The second-order valence-corrected chi connectivity index (χ2v) is 7.72. The summed E-state index contributed by atoms with van der Waals surface area (Å²) in [5, 5.41) is 14.4. The van der Waals surface area contributed by atoms with Crippen molar-refractivity contribution < 1.29 is 23.3 Å². The van der Waals surface area contributed by atoms with E-state index in [1.165, 1.54) is 12.1 Å². The molecule has 2 heterocycles. The second-order valence-electron chi connectivity index (χ2n) is 7.72. The first-order valence-corrected chi connectivity index (χ1v) is 10.2. The van der Waals surface area contributed by atoms with Crippen LogP contribution in [0.3, 0.4) is 0 Å². The van der Waals surface area contributed by atoms with Crippen molar-refractivity contribution in [1.82, 2.24) is 10.3 Å². The Labute approximate surface area is 183 Å². The van der Waals surface area contributed by atoms with E-state index in [-0.39, 0.29) is 17.5 Å². The van der Waals surface area contributed by atoms with Crippen molar-refractivity contribution in [1.29, 1.82) is 0 Å². The number of rotatable bonds is 4. The lowest BCUT2D eigenvalue weighted by molar-refractivity contribution is -0.116.